The first kappa shape index (κ1) is 15.4. The summed E-state index contributed by atoms with van der Waals surface area (Å²) in [6, 6.07) is 0. The minimum absolute atomic E-state index is 0.274. The summed E-state index contributed by atoms with van der Waals surface area (Å²) in [5, 5.41) is 3.14. The molecule has 0 saturated heterocycles. The van der Waals surface area contributed by atoms with E-state index in [0.29, 0.717) is 0 Å². The fraction of sp³-hybridized carbons (Fsp3) is 0.917. The lowest BCUT2D eigenvalue weighted by Gasteiger charge is -2.26. The summed E-state index contributed by atoms with van der Waals surface area (Å²) in [6.07, 6.45) is 2.94. The standard InChI is InChI=1S/C12H26N2O2/c1-5-14-12(4,11(13)15)8-6-7-9-16-10(2)3/h10,14H,5-9H2,1-4H3,(H2,13,15). The number of hydrogen-bond donors (Lipinski definition) is 2. The molecule has 0 aromatic carbocycles. The van der Waals surface area contributed by atoms with E-state index in [1.807, 2.05) is 27.7 Å². The molecule has 0 aliphatic carbocycles. The number of unbranched alkanes of at least 4 members (excludes halogenated alkanes) is 1. The second-order valence-electron chi connectivity index (χ2n) is 4.60. The van der Waals surface area contributed by atoms with Crippen LogP contribution in [0.4, 0.5) is 0 Å². The Hall–Kier alpha value is -0.610. The van der Waals surface area contributed by atoms with Gasteiger partial charge in [0.25, 0.3) is 0 Å². The van der Waals surface area contributed by atoms with E-state index >= 15 is 0 Å². The topological polar surface area (TPSA) is 64.3 Å². The molecule has 4 heteroatoms. The van der Waals surface area contributed by atoms with Crippen molar-refractivity contribution >= 4 is 5.91 Å². The van der Waals surface area contributed by atoms with Crippen LogP contribution >= 0.6 is 0 Å². The second kappa shape index (κ2) is 7.63. The highest BCUT2D eigenvalue weighted by atomic mass is 16.5. The van der Waals surface area contributed by atoms with Gasteiger partial charge in [-0.2, -0.15) is 0 Å². The summed E-state index contributed by atoms with van der Waals surface area (Å²) in [5.74, 6) is -0.279. The molecule has 0 aliphatic heterocycles. The highest BCUT2D eigenvalue weighted by molar-refractivity contribution is 5.84. The van der Waals surface area contributed by atoms with Gasteiger partial charge >= 0.3 is 0 Å². The van der Waals surface area contributed by atoms with Crippen molar-refractivity contribution in [2.24, 2.45) is 5.73 Å². The Labute approximate surface area is 98.9 Å². The molecule has 0 aromatic rings. The van der Waals surface area contributed by atoms with E-state index in [2.05, 4.69) is 5.32 Å². The first-order chi connectivity index (χ1) is 7.42. The van der Waals surface area contributed by atoms with Crippen molar-refractivity contribution in [3.63, 3.8) is 0 Å². The normalized spacial score (nSPS) is 15.1. The van der Waals surface area contributed by atoms with Crippen molar-refractivity contribution in [3.8, 4) is 0 Å². The Balaban J connectivity index is 3.81. The Morgan fingerprint density at radius 1 is 1.44 bits per heavy atom. The van der Waals surface area contributed by atoms with Crippen molar-refractivity contribution in [1.82, 2.24) is 5.32 Å². The summed E-state index contributed by atoms with van der Waals surface area (Å²) in [5.41, 5.74) is 4.81. The number of carbonyl (C=O) groups is 1. The van der Waals surface area contributed by atoms with Crippen LogP contribution in [0.15, 0.2) is 0 Å². The van der Waals surface area contributed by atoms with Crippen LogP contribution in [-0.4, -0.2) is 30.7 Å². The second-order valence-corrected chi connectivity index (χ2v) is 4.60. The van der Waals surface area contributed by atoms with E-state index in [9.17, 15) is 4.79 Å². The largest absolute Gasteiger partial charge is 0.379 e. The number of primary amides is 1. The number of amides is 1. The molecule has 16 heavy (non-hydrogen) atoms. The molecule has 4 nitrogen and oxygen atoms in total. The van der Waals surface area contributed by atoms with E-state index < -0.39 is 5.54 Å². The van der Waals surface area contributed by atoms with Crippen LogP contribution in [-0.2, 0) is 9.53 Å². The smallest absolute Gasteiger partial charge is 0.237 e. The molecule has 3 N–H and O–H groups in total. The van der Waals surface area contributed by atoms with Crippen LogP contribution in [0, 0.1) is 0 Å². The molecular formula is C12H26N2O2. The van der Waals surface area contributed by atoms with Crippen LogP contribution in [0.1, 0.15) is 47.0 Å². The number of ether oxygens (including phenoxy) is 1. The van der Waals surface area contributed by atoms with Crippen molar-refractivity contribution < 1.29 is 9.53 Å². The number of nitrogens with two attached hydrogens (primary N) is 1. The molecular weight excluding hydrogens is 204 g/mol. The van der Waals surface area contributed by atoms with Gasteiger partial charge in [-0.3, -0.25) is 4.79 Å². The van der Waals surface area contributed by atoms with E-state index in [0.717, 1.165) is 32.4 Å². The fourth-order valence-corrected chi connectivity index (χ4v) is 1.59. The SMILES string of the molecule is CCNC(C)(CCCCOC(C)C)C(N)=O. The van der Waals surface area contributed by atoms with Crippen molar-refractivity contribution in [3.05, 3.63) is 0 Å². The average Bonchev–Trinajstić information content (AvgIpc) is 2.17. The monoisotopic (exact) mass is 230 g/mol. The molecule has 0 fully saturated rings. The maximum atomic E-state index is 11.3. The minimum Gasteiger partial charge on any atom is -0.379 e. The van der Waals surface area contributed by atoms with Crippen LogP contribution in [0.2, 0.25) is 0 Å². The summed E-state index contributed by atoms with van der Waals surface area (Å²) in [6.45, 7) is 9.38. The van der Waals surface area contributed by atoms with Gasteiger partial charge in [0.2, 0.25) is 5.91 Å². The maximum absolute atomic E-state index is 11.3. The molecule has 0 radical (unpaired) electrons. The van der Waals surface area contributed by atoms with E-state index in [-0.39, 0.29) is 12.0 Å². The van der Waals surface area contributed by atoms with E-state index in [1.54, 1.807) is 0 Å². The van der Waals surface area contributed by atoms with E-state index in [4.69, 9.17) is 10.5 Å². The molecule has 0 saturated carbocycles. The van der Waals surface area contributed by atoms with Crippen LogP contribution in [0.25, 0.3) is 0 Å². The summed E-state index contributed by atoms with van der Waals surface area (Å²) in [4.78, 5) is 11.3. The molecule has 0 aliphatic rings. The molecule has 96 valence electrons. The van der Waals surface area contributed by atoms with Gasteiger partial charge in [-0.15, -0.1) is 0 Å². The van der Waals surface area contributed by atoms with Crippen molar-refractivity contribution in [1.29, 1.82) is 0 Å². The number of hydrogen-bond acceptors (Lipinski definition) is 3. The predicted octanol–water partition coefficient (Wildman–Crippen LogP) is 1.44. The molecule has 0 heterocycles. The highest BCUT2D eigenvalue weighted by Gasteiger charge is 2.28. The highest BCUT2D eigenvalue weighted by Crippen LogP contribution is 2.13. The summed E-state index contributed by atoms with van der Waals surface area (Å²) >= 11 is 0. The summed E-state index contributed by atoms with van der Waals surface area (Å²) in [7, 11) is 0. The molecule has 0 aromatic heterocycles. The summed E-state index contributed by atoms with van der Waals surface area (Å²) < 4.78 is 5.44. The first-order valence-corrected chi connectivity index (χ1v) is 6.09. The third-order valence-corrected chi connectivity index (χ3v) is 2.63. The van der Waals surface area contributed by atoms with Gasteiger partial charge < -0.3 is 15.8 Å². The lowest BCUT2D eigenvalue weighted by atomic mass is 9.94. The lowest BCUT2D eigenvalue weighted by Crippen LogP contribution is -2.52. The average molecular weight is 230 g/mol. The van der Waals surface area contributed by atoms with Gasteiger partial charge in [-0.25, -0.2) is 0 Å². The molecule has 1 atom stereocenters. The molecule has 1 unspecified atom stereocenters. The molecule has 0 bridgehead atoms. The third-order valence-electron chi connectivity index (χ3n) is 2.63. The Kier molecular flexibility index (Phi) is 7.34. The van der Waals surface area contributed by atoms with Crippen molar-refractivity contribution in [2.75, 3.05) is 13.2 Å². The van der Waals surface area contributed by atoms with Gasteiger partial charge in [0.15, 0.2) is 0 Å². The van der Waals surface area contributed by atoms with Gasteiger partial charge in [-0.05, 0) is 46.6 Å². The quantitative estimate of drug-likeness (QED) is 0.589. The number of nitrogens with one attached hydrogen (secondary N) is 1. The number of carbonyl (C=O) groups excluding carboxylic acids is 1. The first-order valence-electron chi connectivity index (χ1n) is 6.09. The minimum atomic E-state index is -0.577. The number of likely N-dealkylation sites (N-methyl/N-ethyl adjacent to an activating group) is 1. The number of rotatable bonds is 9. The molecule has 1 amide bonds. The van der Waals surface area contributed by atoms with Crippen LogP contribution in [0.5, 0.6) is 0 Å². The molecule has 0 spiro atoms. The van der Waals surface area contributed by atoms with Crippen LogP contribution < -0.4 is 11.1 Å². The van der Waals surface area contributed by atoms with Gasteiger partial charge in [0.05, 0.1) is 11.6 Å². The van der Waals surface area contributed by atoms with Crippen LogP contribution in [0.3, 0.4) is 0 Å². The fourth-order valence-electron chi connectivity index (χ4n) is 1.59. The van der Waals surface area contributed by atoms with Gasteiger partial charge in [0, 0.05) is 6.61 Å². The zero-order chi connectivity index (χ0) is 12.6. The zero-order valence-corrected chi connectivity index (χ0v) is 11.0. The van der Waals surface area contributed by atoms with Crippen molar-refractivity contribution in [2.45, 2.75) is 58.6 Å². The van der Waals surface area contributed by atoms with E-state index in [1.165, 1.54) is 0 Å². The molecule has 0 rings (SSSR count). The predicted molar refractivity (Wildman–Crippen MR) is 66.2 cm³/mol. The van der Waals surface area contributed by atoms with Gasteiger partial charge in [0.1, 0.15) is 0 Å². The third kappa shape index (κ3) is 6.08. The maximum Gasteiger partial charge on any atom is 0.237 e. The Morgan fingerprint density at radius 3 is 2.50 bits per heavy atom. The Morgan fingerprint density at radius 2 is 2.06 bits per heavy atom. The Bertz CT molecular complexity index is 207. The van der Waals surface area contributed by atoms with Gasteiger partial charge in [-0.1, -0.05) is 6.92 Å². The lowest BCUT2D eigenvalue weighted by molar-refractivity contribution is -0.124. The zero-order valence-electron chi connectivity index (χ0n) is 11.0.